The molecule has 1 atom stereocenters. The van der Waals surface area contributed by atoms with E-state index >= 15 is 0 Å². The minimum atomic E-state index is -0.113. The molecule has 186 valence electrons. The van der Waals surface area contributed by atoms with Crippen molar-refractivity contribution in [3.05, 3.63) is 65.9 Å². The third-order valence-corrected chi connectivity index (χ3v) is 6.02. The summed E-state index contributed by atoms with van der Waals surface area (Å²) in [6.45, 7) is 6.20. The highest BCUT2D eigenvalue weighted by Crippen LogP contribution is 2.36. The molecule has 0 aliphatic carbocycles. The Kier molecular flexibility index (Phi) is 8.26. The number of hydrogen-bond donors (Lipinski definition) is 1. The molecule has 0 unspecified atom stereocenters. The maximum absolute atomic E-state index is 13.1. The van der Waals surface area contributed by atoms with Crippen molar-refractivity contribution >= 4 is 6.03 Å². The van der Waals surface area contributed by atoms with Gasteiger partial charge in [-0.25, -0.2) is 9.48 Å². The van der Waals surface area contributed by atoms with Crippen LogP contribution in [-0.4, -0.2) is 53.6 Å². The van der Waals surface area contributed by atoms with Crippen LogP contribution in [0.4, 0.5) is 4.79 Å². The zero-order valence-corrected chi connectivity index (χ0v) is 20.7. The summed E-state index contributed by atoms with van der Waals surface area (Å²) in [7, 11) is 1.62. The fraction of sp³-hybridized carbons (Fsp3) is 0.407. The summed E-state index contributed by atoms with van der Waals surface area (Å²) < 4.78 is 19.6. The zero-order chi connectivity index (χ0) is 24.6. The molecule has 8 nitrogen and oxygen atoms in total. The van der Waals surface area contributed by atoms with E-state index in [-0.39, 0.29) is 12.1 Å². The Balaban J connectivity index is 1.72. The molecular formula is C27H34N4O4. The molecule has 0 radical (unpaired) electrons. The molecule has 1 aromatic heterocycles. The summed E-state index contributed by atoms with van der Waals surface area (Å²) in [5.74, 6) is 1.75. The van der Waals surface area contributed by atoms with Crippen molar-refractivity contribution in [2.45, 2.75) is 45.8 Å². The van der Waals surface area contributed by atoms with Crippen LogP contribution in [0.1, 0.15) is 37.4 Å². The molecule has 4 rings (SSSR count). The lowest BCUT2D eigenvalue weighted by Crippen LogP contribution is -2.43. The summed E-state index contributed by atoms with van der Waals surface area (Å²) >= 11 is 0. The Hall–Kier alpha value is -3.52. The number of para-hydroxylation sites is 3. The van der Waals surface area contributed by atoms with Crippen molar-refractivity contribution < 1.29 is 19.0 Å². The molecule has 1 fully saturated rings. The molecule has 2 amide bonds. The molecule has 0 spiro atoms. The number of aromatic nitrogens is 2. The van der Waals surface area contributed by atoms with Gasteiger partial charge in [0.25, 0.3) is 0 Å². The van der Waals surface area contributed by atoms with Gasteiger partial charge in [0.05, 0.1) is 36.7 Å². The number of rotatable bonds is 10. The van der Waals surface area contributed by atoms with Crippen molar-refractivity contribution in [2.75, 3.05) is 26.8 Å². The maximum Gasteiger partial charge on any atom is 0.317 e. The van der Waals surface area contributed by atoms with Crippen molar-refractivity contribution in [1.82, 2.24) is 20.0 Å². The first-order chi connectivity index (χ1) is 17.1. The Bertz CT molecular complexity index is 1110. The maximum atomic E-state index is 13.1. The average Bonchev–Trinajstić information content (AvgIpc) is 3.51. The minimum Gasteiger partial charge on any atom is -0.493 e. The Morgan fingerprint density at radius 2 is 1.91 bits per heavy atom. The molecule has 8 heteroatoms. The van der Waals surface area contributed by atoms with Crippen LogP contribution in [0.5, 0.6) is 17.4 Å². The molecule has 2 heterocycles. The van der Waals surface area contributed by atoms with E-state index in [4.69, 9.17) is 19.3 Å². The largest absolute Gasteiger partial charge is 0.493 e. The van der Waals surface area contributed by atoms with Gasteiger partial charge in [0.2, 0.25) is 5.88 Å². The molecule has 1 aliphatic heterocycles. The van der Waals surface area contributed by atoms with Crippen LogP contribution in [-0.2, 0) is 11.3 Å². The second-order valence-electron chi connectivity index (χ2n) is 8.62. The standard InChI is InChI=1S/C27H34N4O4/c1-4-16-28-27(32)30(18-22-13-10-17-34-22)19-23-20(2)29-31(21-11-6-5-7-12-21)26(23)35-25-15-9-8-14-24(25)33-3/h5-9,11-12,14-15,22H,4,10,13,16-19H2,1-3H3,(H,28,32)/t22-/m1/s1. The van der Waals surface area contributed by atoms with Crippen molar-refractivity contribution in [3.8, 4) is 23.1 Å². The topological polar surface area (TPSA) is 77.9 Å². The summed E-state index contributed by atoms with van der Waals surface area (Å²) in [6, 6.07) is 17.2. The van der Waals surface area contributed by atoms with Crippen molar-refractivity contribution in [3.63, 3.8) is 0 Å². The first-order valence-electron chi connectivity index (χ1n) is 12.2. The van der Waals surface area contributed by atoms with E-state index in [2.05, 4.69) is 5.32 Å². The van der Waals surface area contributed by atoms with Gasteiger partial charge < -0.3 is 24.4 Å². The van der Waals surface area contributed by atoms with E-state index in [0.29, 0.717) is 37.0 Å². The molecule has 1 saturated heterocycles. The van der Waals surface area contributed by atoms with Gasteiger partial charge in [0, 0.05) is 19.7 Å². The summed E-state index contributed by atoms with van der Waals surface area (Å²) in [5, 5.41) is 7.82. The second-order valence-corrected chi connectivity index (χ2v) is 8.62. The smallest absolute Gasteiger partial charge is 0.317 e. The lowest BCUT2D eigenvalue weighted by molar-refractivity contribution is 0.0793. The van der Waals surface area contributed by atoms with Crippen LogP contribution < -0.4 is 14.8 Å². The van der Waals surface area contributed by atoms with Gasteiger partial charge in [-0.15, -0.1) is 0 Å². The molecule has 1 aliphatic rings. The minimum absolute atomic E-state index is 0.0328. The Labute approximate surface area is 206 Å². The van der Waals surface area contributed by atoms with Gasteiger partial charge in [0.15, 0.2) is 11.5 Å². The molecule has 0 saturated carbocycles. The number of urea groups is 1. The number of carbonyl (C=O) groups is 1. The molecular weight excluding hydrogens is 444 g/mol. The highest BCUT2D eigenvalue weighted by Gasteiger charge is 2.27. The number of amides is 2. The highest BCUT2D eigenvalue weighted by atomic mass is 16.5. The average molecular weight is 479 g/mol. The quantitative estimate of drug-likeness (QED) is 0.440. The molecule has 2 aromatic carbocycles. The fourth-order valence-electron chi connectivity index (χ4n) is 4.16. The third-order valence-electron chi connectivity index (χ3n) is 6.02. The predicted octanol–water partition coefficient (Wildman–Crippen LogP) is 5.08. The summed E-state index contributed by atoms with van der Waals surface area (Å²) in [4.78, 5) is 14.9. The van der Waals surface area contributed by atoms with Crippen molar-refractivity contribution in [1.29, 1.82) is 0 Å². The van der Waals surface area contributed by atoms with E-state index in [9.17, 15) is 4.79 Å². The fourth-order valence-corrected chi connectivity index (χ4v) is 4.16. The first-order valence-corrected chi connectivity index (χ1v) is 12.2. The van der Waals surface area contributed by atoms with Crippen LogP contribution in [0.3, 0.4) is 0 Å². The number of methoxy groups -OCH3 is 1. The first kappa shape index (κ1) is 24.6. The van der Waals surface area contributed by atoms with Gasteiger partial charge in [-0.05, 0) is 50.5 Å². The monoisotopic (exact) mass is 478 g/mol. The third kappa shape index (κ3) is 5.95. The number of nitrogens with one attached hydrogen (secondary N) is 1. The normalized spacial score (nSPS) is 15.1. The lowest BCUT2D eigenvalue weighted by Gasteiger charge is -2.26. The lowest BCUT2D eigenvalue weighted by atomic mass is 10.2. The summed E-state index contributed by atoms with van der Waals surface area (Å²) in [6.07, 6.45) is 2.87. The van der Waals surface area contributed by atoms with E-state index in [1.165, 1.54) is 0 Å². The second kappa shape index (κ2) is 11.8. The number of carbonyl (C=O) groups excluding carboxylic acids is 1. The number of benzene rings is 2. The predicted molar refractivity (Wildman–Crippen MR) is 134 cm³/mol. The summed E-state index contributed by atoms with van der Waals surface area (Å²) in [5.41, 5.74) is 2.50. The van der Waals surface area contributed by atoms with E-state index < -0.39 is 0 Å². The molecule has 0 bridgehead atoms. The van der Waals surface area contributed by atoms with Gasteiger partial charge in [0.1, 0.15) is 0 Å². The molecule has 3 aromatic rings. The van der Waals surface area contributed by atoms with Crippen LogP contribution in [0, 0.1) is 6.92 Å². The molecule has 1 N–H and O–H groups in total. The number of aryl methyl sites for hydroxylation is 1. The molecule has 35 heavy (non-hydrogen) atoms. The van der Waals surface area contributed by atoms with Crippen LogP contribution in [0.2, 0.25) is 0 Å². The van der Waals surface area contributed by atoms with Gasteiger partial charge in [-0.3, -0.25) is 0 Å². The SMILES string of the molecule is CCCNC(=O)N(Cc1c(C)nn(-c2ccccc2)c1Oc1ccccc1OC)C[C@H]1CCCO1. The van der Waals surface area contributed by atoms with Crippen molar-refractivity contribution in [2.24, 2.45) is 0 Å². The van der Waals surface area contributed by atoms with Gasteiger partial charge in [-0.1, -0.05) is 37.3 Å². The van der Waals surface area contributed by atoms with Gasteiger partial charge in [-0.2, -0.15) is 5.10 Å². The highest BCUT2D eigenvalue weighted by molar-refractivity contribution is 5.74. The zero-order valence-electron chi connectivity index (χ0n) is 20.7. The Morgan fingerprint density at radius 1 is 1.17 bits per heavy atom. The number of hydrogen-bond acceptors (Lipinski definition) is 5. The van der Waals surface area contributed by atoms with Crippen LogP contribution in [0.25, 0.3) is 5.69 Å². The van der Waals surface area contributed by atoms with Gasteiger partial charge >= 0.3 is 6.03 Å². The number of ether oxygens (including phenoxy) is 3. The van der Waals surface area contributed by atoms with Crippen LogP contribution >= 0.6 is 0 Å². The Morgan fingerprint density at radius 3 is 2.60 bits per heavy atom. The van der Waals surface area contributed by atoms with Crippen LogP contribution in [0.15, 0.2) is 54.6 Å². The van der Waals surface area contributed by atoms with E-state index in [1.54, 1.807) is 16.7 Å². The van der Waals surface area contributed by atoms with E-state index in [0.717, 1.165) is 42.8 Å². The number of nitrogens with zero attached hydrogens (tertiary/aromatic N) is 3. The van der Waals surface area contributed by atoms with E-state index in [1.807, 2.05) is 68.4 Å².